The highest BCUT2D eigenvalue weighted by atomic mass is 127. The molecule has 1 amide bonds. The number of ether oxygens (including phenoxy) is 1. The molecule has 0 bridgehead atoms. The molecule has 2 heterocycles. The van der Waals surface area contributed by atoms with Gasteiger partial charge in [0.25, 0.3) is 0 Å². The zero-order chi connectivity index (χ0) is 28.2. The van der Waals surface area contributed by atoms with Gasteiger partial charge in [0.05, 0.1) is 50.3 Å². The van der Waals surface area contributed by atoms with Crippen molar-refractivity contribution in [2.24, 2.45) is 7.05 Å². The summed E-state index contributed by atoms with van der Waals surface area (Å²) in [5, 5.41) is 2.89. The van der Waals surface area contributed by atoms with E-state index in [4.69, 9.17) is 4.74 Å². The van der Waals surface area contributed by atoms with E-state index in [2.05, 4.69) is 34.7 Å². The van der Waals surface area contributed by atoms with Crippen LogP contribution in [0.2, 0.25) is 0 Å². The summed E-state index contributed by atoms with van der Waals surface area (Å²) in [6, 6.07) is 15.6. The molecule has 1 aliphatic rings. The van der Waals surface area contributed by atoms with Gasteiger partial charge in [-0.3, -0.25) is 9.69 Å². The smallest absolute Gasteiger partial charge is 0.243 e. The van der Waals surface area contributed by atoms with Gasteiger partial charge in [0.1, 0.15) is 18.5 Å². The van der Waals surface area contributed by atoms with E-state index in [1.165, 1.54) is 21.9 Å². The van der Waals surface area contributed by atoms with Crippen LogP contribution in [-0.2, 0) is 21.9 Å². The van der Waals surface area contributed by atoms with Crippen LogP contribution < -0.4 is 48.4 Å². The number of carbonyl (C=O) groups excluding carboxylic acids is 1. The van der Waals surface area contributed by atoms with E-state index >= 15 is 0 Å². The van der Waals surface area contributed by atoms with Crippen LogP contribution in [0, 0.1) is 13.8 Å². The third-order valence-electron chi connectivity index (χ3n) is 7.26. The monoisotopic (exact) mass is 680 g/mol. The molecule has 40 heavy (non-hydrogen) atoms. The molecule has 3 aromatic rings. The van der Waals surface area contributed by atoms with E-state index in [-0.39, 0.29) is 47.7 Å². The molecule has 0 atom stereocenters. The number of piperazine rings is 1. The van der Waals surface area contributed by atoms with Gasteiger partial charge in [-0.1, -0.05) is 0 Å². The number of nitrogens with zero attached hydrogens (tertiary/aromatic N) is 3. The number of hydrogen-bond acceptors (Lipinski definition) is 5. The molecule has 1 fully saturated rings. The van der Waals surface area contributed by atoms with Gasteiger partial charge < -0.3 is 38.9 Å². The van der Waals surface area contributed by atoms with Crippen molar-refractivity contribution < 1.29 is 51.4 Å². The van der Waals surface area contributed by atoms with Gasteiger partial charge in [0, 0.05) is 31.4 Å². The summed E-state index contributed by atoms with van der Waals surface area (Å²) >= 11 is 0. The standard InChI is InChI=1S/C29H37N5O4S.HI/c1-22-20-27(38-5)21-23(2)29(22)39(36,37)32(4)15-12-28(35)30-24-6-8-25(9-7-24)33-16-18-34(19-17-33)26-10-13-31(3)14-11-26;/h6-11,13-14,20-21H,12,15-19H2,1-5H3;1H/p+1. The van der Waals surface area contributed by atoms with Crippen molar-refractivity contribution in [3.05, 3.63) is 72.1 Å². The van der Waals surface area contributed by atoms with E-state index in [1.807, 2.05) is 35.9 Å². The Morgan fingerprint density at radius 2 is 1.62 bits per heavy atom. The lowest BCUT2D eigenvalue weighted by atomic mass is 10.1. The van der Waals surface area contributed by atoms with Crippen molar-refractivity contribution in [3.8, 4) is 5.75 Å². The SMILES string of the molecule is COc1cc(C)c(S(=O)(=O)N(C)CCC(=O)Nc2ccc(N3CC[NH+](c4cc[n+](C)cc4)CC3)cc2)c(C)c1.[I-]. The topological polar surface area (TPSA) is 87.3 Å². The number of sulfonamides is 1. The summed E-state index contributed by atoms with van der Waals surface area (Å²) in [7, 11) is 1.33. The lowest BCUT2D eigenvalue weighted by Gasteiger charge is -2.33. The first-order chi connectivity index (χ1) is 18.6. The van der Waals surface area contributed by atoms with Crippen molar-refractivity contribution in [1.82, 2.24) is 4.31 Å². The van der Waals surface area contributed by atoms with Crippen molar-refractivity contribution in [1.29, 1.82) is 0 Å². The molecule has 11 heteroatoms. The molecule has 2 aromatic carbocycles. The van der Waals surface area contributed by atoms with E-state index in [0.717, 1.165) is 31.9 Å². The Labute approximate surface area is 254 Å². The van der Waals surface area contributed by atoms with E-state index < -0.39 is 10.0 Å². The maximum Gasteiger partial charge on any atom is 0.243 e. The van der Waals surface area contributed by atoms with E-state index in [0.29, 0.717) is 22.6 Å². The third-order valence-corrected chi connectivity index (χ3v) is 9.42. The number of amides is 1. The summed E-state index contributed by atoms with van der Waals surface area (Å²) < 4.78 is 34.9. The van der Waals surface area contributed by atoms with Crippen LogP contribution in [0.1, 0.15) is 17.5 Å². The lowest BCUT2D eigenvalue weighted by Crippen LogP contribution is -3.10. The Hall–Kier alpha value is -2.74. The molecule has 0 saturated carbocycles. The molecule has 9 nitrogen and oxygen atoms in total. The van der Waals surface area contributed by atoms with Crippen LogP contribution >= 0.6 is 0 Å². The number of benzene rings is 2. The first-order valence-electron chi connectivity index (χ1n) is 13.2. The fourth-order valence-electron chi connectivity index (χ4n) is 5.01. The quantitative estimate of drug-likeness (QED) is 0.220. The van der Waals surface area contributed by atoms with Gasteiger partial charge in [0.15, 0.2) is 12.4 Å². The number of carbonyl (C=O) groups is 1. The van der Waals surface area contributed by atoms with Gasteiger partial charge in [-0.15, -0.1) is 0 Å². The van der Waals surface area contributed by atoms with Crippen LogP contribution in [0.25, 0.3) is 0 Å². The molecule has 1 saturated heterocycles. The average Bonchev–Trinajstić information content (AvgIpc) is 2.92. The zero-order valence-corrected chi connectivity index (χ0v) is 26.8. The molecule has 0 spiro atoms. The molecule has 1 aromatic heterocycles. The second-order valence-electron chi connectivity index (χ2n) is 10.1. The highest BCUT2D eigenvalue weighted by molar-refractivity contribution is 7.89. The molecular weight excluding hydrogens is 641 g/mol. The van der Waals surface area contributed by atoms with Crippen molar-refractivity contribution >= 4 is 33.0 Å². The summed E-state index contributed by atoms with van der Waals surface area (Å²) in [5.41, 5.74) is 4.36. The number of aromatic nitrogens is 1. The molecule has 1 aliphatic heterocycles. The Morgan fingerprint density at radius 1 is 1.05 bits per heavy atom. The second kappa shape index (κ2) is 13.7. The van der Waals surface area contributed by atoms with Crippen LogP contribution in [0.5, 0.6) is 5.75 Å². The maximum atomic E-state index is 13.2. The Kier molecular flexibility index (Phi) is 10.9. The number of anilines is 2. The summed E-state index contributed by atoms with van der Waals surface area (Å²) in [4.78, 5) is 16.7. The third kappa shape index (κ3) is 7.50. The average molecular weight is 681 g/mol. The van der Waals surface area contributed by atoms with Gasteiger partial charge in [0.2, 0.25) is 15.9 Å². The molecule has 4 rings (SSSR count). The number of quaternary nitrogens is 1. The molecular formula is C29H39IN5O4S+. The van der Waals surface area contributed by atoms with Crippen LogP contribution in [0.4, 0.5) is 17.1 Å². The summed E-state index contributed by atoms with van der Waals surface area (Å²) in [6.45, 7) is 7.53. The van der Waals surface area contributed by atoms with Gasteiger partial charge in [-0.2, -0.15) is 0 Å². The molecule has 0 unspecified atom stereocenters. The van der Waals surface area contributed by atoms with Crippen LogP contribution in [0.3, 0.4) is 0 Å². The van der Waals surface area contributed by atoms with Gasteiger partial charge in [-0.25, -0.2) is 17.3 Å². The lowest BCUT2D eigenvalue weighted by molar-refractivity contribution is -0.834. The Bertz CT molecular complexity index is 1380. The first kappa shape index (κ1) is 31.8. The highest BCUT2D eigenvalue weighted by Crippen LogP contribution is 2.28. The van der Waals surface area contributed by atoms with Gasteiger partial charge in [-0.05, 0) is 61.4 Å². The minimum atomic E-state index is -3.75. The first-order valence-corrected chi connectivity index (χ1v) is 14.6. The minimum Gasteiger partial charge on any atom is -1.00 e. The maximum absolute atomic E-state index is 13.2. The predicted octanol–water partition coefficient (Wildman–Crippen LogP) is -1.17. The summed E-state index contributed by atoms with van der Waals surface area (Å²) in [6.07, 6.45) is 4.22. The van der Waals surface area contributed by atoms with Crippen molar-refractivity contribution in [2.75, 3.05) is 57.1 Å². The number of hydrogen-bond donors (Lipinski definition) is 2. The van der Waals surface area contributed by atoms with Crippen LogP contribution in [-0.4, -0.2) is 65.5 Å². The van der Waals surface area contributed by atoms with Crippen LogP contribution in [0.15, 0.2) is 65.8 Å². The Morgan fingerprint density at radius 3 is 2.17 bits per heavy atom. The predicted molar refractivity (Wildman–Crippen MR) is 152 cm³/mol. The van der Waals surface area contributed by atoms with E-state index in [9.17, 15) is 13.2 Å². The number of halogens is 1. The minimum absolute atomic E-state index is 0. The van der Waals surface area contributed by atoms with Crippen molar-refractivity contribution in [2.45, 2.75) is 25.2 Å². The zero-order valence-electron chi connectivity index (χ0n) is 23.8. The fourth-order valence-corrected chi connectivity index (χ4v) is 6.58. The molecule has 0 aliphatic carbocycles. The Balaban J connectivity index is 0.00000441. The number of methoxy groups -OCH3 is 1. The normalized spacial score (nSPS) is 14.1. The largest absolute Gasteiger partial charge is 1.00 e. The molecule has 2 N–H and O–H groups in total. The number of nitrogens with one attached hydrogen (secondary N) is 2. The molecule has 0 radical (unpaired) electrons. The fraction of sp³-hybridized carbons (Fsp3) is 0.379. The number of pyridine rings is 1. The highest BCUT2D eigenvalue weighted by Gasteiger charge is 2.26. The molecule has 216 valence electrons. The number of rotatable bonds is 9. The summed E-state index contributed by atoms with van der Waals surface area (Å²) in [5.74, 6) is 0.378. The number of aryl methyl sites for hydroxylation is 3. The van der Waals surface area contributed by atoms with Crippen molar-refractivity contribution in [3.63, 3.8) is 0 Å². The van der Waals surface area contributed by atoms with E-state index in [1.54, 1.807) is 33.1 Å². The van der Waals surface area contributed by atoms with Gasteiger partial charge >= 0.3 is 0 Å². The second-order valence-corrected chi connectivity index (χ2v) is 12.1.